The van der Waals surface area contributed by atoms with Gasteiger partial charge in [0.15, 0.2) is 5.82 Å². The molecule has 1 saturated carbocycles. The number of rotatable bonds is 3. The molecular weight excluding hydrogens is 440 g/mol. The Labute approximate surface area is 193 Å². The van der Waals surface area contributed by atoms with Crippen LogP contribution >= 0.6 is 10.8 Å². The quantitative estimate of drug-likeness (QED) is 0.427. The molecule has 1 fully saturated rings. The molecule has 174 valence electrons. The predicted octanol–water partition coefficient (Wildman–Crippen LogP) is 4.97. The molecule has 1 aliphatic carbocycles. The minimum atomic E-state index is -3.05. The Hall–Kier alpha value is -2.84. The highest BCUT2D eigenvalue weighted by atomic mass is 32.3. The van der Waals surface area contributed by atoms with Gasteiger partial charge in [-0.3, -0.25) is 18.6 Å². The smallest absolute Gasteiger partial charge is 0.261 e. The van der Waals surface area contributed by atoms with E-state index in [0.717, 1.165) is 24.8 Å². The van der Waals surface area contributed by atoms with E-state index in [0.29, 0.717) is 33.8 Å². The third kappa shape index (κ3) is 3.52. The number of benzene rings is 1. The molecule has 2 unspecified atom stereocenters. The molecular formula is C23H28N6O3S. The van der Waals surface area contributed by atoms with Gasteiger partial charge in [-0.2, -0.15) is 14.7 Å². The van der Waals surface area contributed by atoms with Crippen molar-refractivity contribution in [2.45, 2.75) is 63.1 Å². The summed E-state index contributed by atoms with van der Waals surface area (Å²) in [5.74, 6) is 0.293. The molecule has 5 rings (SSSR count). The molecule has 10 heteroatoms. The fourth-order valence-electron chi connectivity index (χ4n) is 4.99. The molecule has 0 amide bonds. The normalized spacial score (nSPS) is 23.4. The second-order valence-corrected chi connectivity index (χ2v) is 11.7. The van der Waals surface area contributed by atoms with Crippen LogP contribution in [0.1, 0.15) is 51.6 Å². The van der Waals surface area contributed by atoms with Gasteiger partial charge in [0, 0.05) is 24.0 Å². The van der Waals surface area contributed by atoms with Crippen LogP contribution in [0.2, 0.25) is 0 Å². The van der Waals surface area contributed by atoms with E-state index in [9.17, 15) is 19.2 Å². The summed E-state index contributed by atoms with van der Waals surface area (Å²) in [4.78, 5) is 16.0. The zero-order valence-electron chi connectivity index (χ0n) is 18.9. The van der Waals surface area contributed by atoms with Crippen molar-refractivity contribution in [2.75, 3.05) is 5.32 Å². The van der Waals surface area contributed by atoms with Gasteiger partial charge < -0.3 is 10.3 Å². The van der Waals surface area contributed by atoms with E-state index in [1.807, 2.05) is 37.6 Å². The van der Waals surface area contributed by atoms with E-state index in [1.54, 1.807) is 22.6 Å². The monoisotopic (exact) mass is 468 g/mol. The molecule has 2 aliphatic rings. The van der Waals surface area contributed by atoms with Crippen LogP contribution in [0.5, 0.6) is 0 Å². The highest BCUT2D eigenvalue weighted by Gasteiger charge is 2.41. The van der Waals surface area contributed by atoms with Gasteiger partial charge in [-0.15, -0.1) is 10.8 Å². The van der Waals surface area contributed by atoms with Crippen LogP contribution in [0, 0.1) is 17.2 Å². The Bertz CT molecular complexity index is 1330. The number of pyridine rings is 1. The number of anilines is 2. The summed E-state index contributed by atoms with van der Waals surface area (Å²) < 4.78 is 25.2. The summed E-state index contributed by atoms with van der Waals surface area (Å²) in [5.41, 5.74) is 1.57. The molecule has 4 N–H and O–H groups in total. The lowest BCUT2D eigenvalue weighted by Crippen LogP contribution is -2.39. The summed E-state index contributed by atoms with van der Waals surface area (Å²) in [6.07, 6.45) is 4.23. The second-order valence-electron chi connectivity index (χ2n) is 9.77. The Kier molecular flexibility index (Phi) is 5.06. The average molecular weight is 469 g/mol. The van der Waals surface area contributed by atoms with Crippen molar-refractivity contribution in [3.8, 4) is 6.07 Å². The first-order valence-corrected chi connectivity index (χ1v) is 12.6. The van der Waals surface area contributed by atoms with E-state index in [2.05, 4.69) is 16.4 Å². The fraction of sp³-hybridized carbons (Fsp3) is 0.435. The Morgan fingerprint density at radius 1 is 1.27 bits per heavy atom. The minimum absolute atomic E-state index is 0.0665. The number of aromatic amines is 1. The maximum atomic E-state index is 12.7. The Balaban J connectivity index is 1.54. The van der Waals surface area contributed by atoms with Gasteiger partial charge in [0.05, 0.1) is 28.4 Å². The molecule has 0 spiro atoms. The molecule has 1 aliphatic heterocycles. The molecule has 3 heterocycles. The first kappa shape index (κ1) is 22.0. The maximum Gasteiger partial charge on any atom is 0.261 e. The number of H-pyrrole nitrogens is 1. The van der Waals surface area contributed by atoms with Gasteiger partial charge in [0.25, 0.3) is 5.56 Å². The summed E-state index contributed by atoms with van der Waals surface area (Å²) in [5, 5.41) is 18.0. The zero-order chi connectivity index (χ0) is 23.5. The summed E-state index contributed by atoms with van der Waals surface area (Å²) >= 11 is 0. The summed E-state index contributed by atoms with van der Waals surface area (Å²) in [7, 11) is -3.05. The van der Waals surface area contributed by atoms with E-state index < -0.39 is 16.3 Å². The average Bonchev–Trinajstić information content (AvgIpc) is 3.42. The first-order valence-electron chi connectivity index (χ1n) is 11.1. The van der Waals surface area contributed by atoms with E-state index in [4.69, 9.17) is 5.10 Å². The topological polar surface area (TPSA) is 130 Å². The largest absolute Gasteiger partial charge is 0.338 e. The molecule has 2 atom stereocenters. The Morgan fingerprint density at radius 2 is 2.06 bits per heavy atom. The Morgan fingerprint density at radius 3 is 2.79 bits per heavy atom. The van der Waals surface area contributed by atoms with Crippen molar-refractivity contribution in [3.63, 3.8) is 0 Å². The number of hydrogen-bond acceptors (Lipinski definition) is 7. The number of aromatic nitrogens is 3. The number of nitrogens with zero attached hydrogens (tertiary/aromatic N) is 4. The number of nitriles is 1. The van der Waals surface area contributed by atoms with Gasteiger partial charge in [-0.05, 0) is 69.9 Å². The third-order valence-electron chi connectivity index (χ3n) is 6.58. The molecule has 33 heavy (non-hydrogen) atoms. The van der Waals surface area contributed by atoms with Crippen LogP contribution in [-0.2, 0) is 6.54 Å². The number of nitrogens with one attached hydrogen (secondary N) is 2. The SMILES string of the molecule is CC(C)(C)N1Cc2cc(Nc3nn(C4CCCC4C#N)c4cc[nH]c(=O)c34)ccc2S1(O)O. The van der Waals surface area contributed by atoms with Crippen LogP contribution in [0.15, 0.2) is 40.2 Å². The van der Waals surface area contributed by atoms with Crippen LogP contribution in [-0.4, -0.2) is 33.7 Å². The van der Waals surface area contributed by atoms with E-state index in [1.165, 1.54) is 0 Å². The first-order chi connectivity index (χ1) is 15.6. The van der Waals surface area contributed by atoms with Crippen molar-refractivity contribution in [1.29, 1.82) is 5.26 Å². The van der Waals surface area contributed by atoms with Gasteiger partial charge in [0.1, 0.15) is 5.39 Å². The van der Waals surface area contributed by atoms with Crippen molar-refractivity contribution in [1.82, 2.24) is 19.1 Å². The molecule has 0 bridgehead atoms. The molecule has 0 saturated heterocycles. The maximum absolute atomic E-state index is 12.7. The minimum Gasteiger partial charge on any atom is -0.338 e. The van der Waals surface area contributed by atoms with E-state index >= 15 is 0 Å². The number of hydrogen-bond donors (Lipinski definition) is 4. The van der Waals surface area contributed by atoms with Crippen LogP contribution in [0.4, 0.5) is 11.5 Å². The van der Waals surface area contributed by atoms with Gasteiger partial charge in [-0.25, -0.2) is 0 Å². The van der Waals surface area contributed by atoms with E-state index in [-0.39, 0.29) is 17.5 Å². The zero-order valence-corrected chi connectivity index (χ0v) is 19.7. The van der Waals surface area contributed by atoms with Crippen molar-refractivity contribution in [2.24, 2.45) is 5.92 Å². The van der Waals surface area contributed by atoms with Crippen LogP contribution in [0.25, 0.3) is 10.9 Å². The summed E-state index contributed by atoms with van der Waals surface area (Å²) in [6, 6.07) is 9.52. The third-order valence-corrected chi connectivity index (χ3v) is 8.86. The molecule has 0 radical (unpaired) electrons. The predicted molar refractivity (Wildman–Crippen MR) is 128 cm³/mol. The van der Waals surface area contributed by atoms with Crippen molar-refractivity contribution >= 4 is 33.2 Å². The van der Waals surface area contributed by atoms with Gasteiger partial charge >= 0.3 is 0 Å². The lowest BCUT2D eigenvalue weighted by atomic mass is 10.1. The highest BCUT2D eigenvalue weighted by molar-refractivity contribution is 8.22. The number of fused-ring (bicyclic) bond motifs is 2. The lowest BCUT2D eigenvalue weighted by molar-refractivity contribution is 0.227. The summed E-state index contributed by atoms with van der Waals surface area (Å²) in [6.45, 7) is 6.27. The lowest BCUT2D eigenvalue weighted by Gasteiger charge is -2.44. The standard InChI is InChI=1S/C23H28N6O3S/c1-23(2,3)28-13-15-11-16(7-8-19(15)33(28,31)32)26-21-20-18(9-10-25-22(20)30)29(27-21)17-6-4-5-14(17)12-24/h7-11,14,17,31-32H,4-6,13H2,1-3H3,(H,25,30)(H,26,27). The molecule has 3 aromatic rings. The van der Waals surface area contributed by atoms with Crippen LogP contribution < -0.4 is 10.9 Å². The van der Waals surface area contributed by atoms with Crippen LogP contribution in [0.3, 0.4) is 0 Å². The second kappa shape index (κ2) is 7.60. The van der Waals surface area contributed by atoms with Gasteiger partial charge in [0.2, 0.25) is 0 Å². The molecule has 1 aromatic carbocycles. The van der Waals surface area contributed by atoms with Crippen molar-refractivity contribution in [3.05, 3.63) is 46.4 Å². The van der Waals surface area contributed by atoms with Crippen molar-refractivity contribution < 1.29 is 9.11 Å². The highest BCUT2D eigenvalue weighted by Crippen LogP contribution is 2.61. The molecule has 2 aromatic heterocycles. The fourth-order valence-corrected chi connectivity index (χ4v) is 7.04. The van der Waals surface area contributed by atoms with Gasteiger partial charge in [-0.1, -0.05) is 0 Å². The molecule has 9 nitrogen and oxygen atoms in total.